The Bertz CT molecular complexity index is 678. The van der Waals surface area contributed by atoms with Gasteiger partial charge in [0.1, 0.15) is 23.5 Å². The van der Waals surface area contributed by atoms with Gasteiger partial charge in [0.05, 0.1) is 5.69 Å². The summed E-state index contributed by atoms with van der Waals surface area (Å²) in [6.45, 7) is 3.52. The van der Waals surface area contributed by atoms with Crippen LogP contribution in [0.5, 0.6) is 0 Å². The normalized spacial score (nSPS) is 11.8. The smallest absolute Gasteiger partial charge is 0.382 e. The lowest BCUT2D eigenvalue weighted by atomic mass is 10.2. The van der Waals surface area contributed by atoms with Crippen molar-refractivity contribution < 1.29 is 26.5 Å². The number of aryl methyl sites for hydroxylation is 1. The van der Waals surface area contributed by atoms with Crippen molar-refractivity contribution in [3.05, 3.63) is 24.1 Å². The number of nitrogens with two attached hydrogens (primary N) is 1. The summed E-state index contributed by atoms with van der Waals surface area (Å²) in [5.41, 5.74) is 5.47. The standard InChI is InChI=1S/C11H10F5N5O.C3H8/c12-10(13,11(14,15)16)2-3-21-8(6-1-4-22-20-6)5-7(19-21)9(17)18;1-3-2/h1,4-5H,2-3H2,(H3,17,18);3H2,1-2H3. The summed E-state index contributed by atoms with van der Waals surface area (Å²) in [6, 6.07) is 2.63. The number of aromatic nitrogens is 3. The number of hydrogen-bond acceptors (Lipinski definition) is 4. The van der Waals surface area contributed by atoms with Gasteiger partial charge in [0.25, 0.3) is 0 Å². The van der Waals surface area contributed by atoms with Crippen LogP contribution in [0.15, 0.2) is 22.9 Å². The van der Waals surface area contributed by atoms with Gasteiger partial charge in [-0.05, 0) is 6.07 Å². The van der Waals surface area contributed by atoms with Gasteiger partial charge in [-0.2, -0.15) is 27.1 Å². The fourth-order valence-corrected chi connectivity index (χ4v) is 1.66. The number of amidine groups is 1. The first-order valence-corrected chi connectivity index (χ1v) is 7.31. The average Bonchev–Trinajstić information content (AvgIpc) is 3.14. The molecule has 0 aliphatic heterocycles. The Balaban J connectivity index is 0.000000970. The van der Waals surface area contributed by atoms with E-state index in [0.29, 0.717) is 0 Å². The van der Waals surface area contributed by atoms with Crippen LogP contribution in [0.2, 0.25) is 0 Å². The fraction of sp³-hybridized carbons (Fsp3) is 0.500. The molecule has 11 heteroatoms. The predicted octanol–water partition coefficient (Wildman–Crippen LogP) is 3.83. The molecule has 140 valence electrons. The average molecular weight is 367 g/mol. The van der Waals surface area contributed by atoms with Crippen LogP contribution in [0, 0.1) is 5.41 Å². The highest BCUT2D eigenvalue weighted by atomic mass is 19.4. The third kappa shape index (κ3) is 5.26. The first-order valence-electron chi connectivity index (χ1n) is 7.31. The fourth-order valence-electron chi connectivity index (χ4n) is 1.66. The molecule has 0 unspecified atom stereocenters. The maximum atomic E-state index is 13.0. The van der Waals surface area contributed by atoms with E-state index in [4.69, 9.17) is 11.1 Å². The summed E-state index contributed by atoms with van der Waals surface area (Å²) in [5, 5.41) is 14.5. The first-order chi connectivity index (χ1) is 11.5. The zero-order chi connectivity index (χ0) is 19.3. The topological polar surface area (TPSA) is 93.7 Å². The van der Waals surface area contributed by atoms with E-state index in [0.717, 1.165) is 4.68 Å². The third-order valence-corrected chi connectivity index (χ3v) is 2.81. The van der Waals surface area contributed by atoms with Crippen molar-refractivity contribution in [3.63, 3.8) is 0 Å². The lowest BCUT2D eigenvalue weighted by Crippen LogP contribution is -2.37. The Labute approximate surface area is 140 Å². The van der Waals surface area contributed by atoms with Gasteiger partial charge in [-0.25, -0.2) is 0 Å². The largest absolute Gasteiger partial charge is 0.453 e. The molecule has 0 aromatic carbocycles. The van der Waals surface area contributed by atoms with Crippen LogP contribution in [0.25, 0.3) is 11.4 Å². The van der Waals surface area contributed by atoms with Crippen molar-refractivity contribution in [2.75, 3.05) is 0 Å². The number of nitrogens with one attached hydrogen (secondary N) is 1. The molecule has 0 atom stereocenters. The van der Waals surface area contributed by atoms with Crippen molar-refractivity contribution in [3.8, 4) is 11.4 Å². The Hall–Kier alpha value is -2.46. The van der Waals surface area contributed by atoms with Crippen molar-refractivity contribution in [1.82, 2.24) is 14.9 Å². The van der Waals surface area contributed by atoms with E-state index >= 15 is 0 Å². The van der Waals surface area contributed by atoms with Crippen LogP contribution in [0.3, 0.4) is 0 Å². The van der Waals surface area contributed by atoms with Crippen molar-refractivity contribution in [2.24, 2.45) is 5.73 Å². The molecule has 0 bridgehead atoms. The number of alkyl halides is 5. The van der Waals surface area contributed by atoms with Gasteiger partial charge >= 0.3 is 12.1 Å². The van der Waals surface area contributed by atoms with Gasteiger partial charge in [-0.1, -0.05) is 25.4 Å². The summed E-state index contributed by atoms with van der Waals surface area (Å²) in [6.07, 6.45) is -4.69. The summed E-state index contributed by atoms with van der Waals surface area (Å²) in [5.74, 6) is -5.30. The predicted molar refractivity (Wildman–Crippen MR) is 80.3 cm³/mol. The van der Waals surface area contributed by atoms with E-state index in [1.54, 1.807) is 0 Å². The van der Waals surface area contributed by atoms with Gasteiger partial charge in [0.2, 0.25) is 0 Å². The minimum Gasteiger partial charge on any atom is -0.382 e. The summed E-state index contributed by atoms with van der Waals surface area (Å²) >= 11 is 0. The molecule has 0 spiro atoms. The highest BCUT2D eigenvalue weighted by Gasteiger charge is 2.56. The molecule has 2 heterocycles. The SMILES string of the molecule is CCC.N=C(N)c1cc(-c2ccon2)n(CCC(F)(F)C(F)(F)F)n1. The van der Waals surface area contributed by atoms with Gasteiger partial charge in [0.15, 0.2) is 0 Å². The molecule has 25 heavy (non-hydrogen) atoms. The Morgan fingerprint density at radius 1 is 1.28 bits per heavy atom. The van der Waals surface area contributed by atoms with E-state index in [1.807, 2.05) is 0 Å². The molecule has 2 aromatic rings. The maximum Gasteiger partial charge on any atom is 0.453 e. The van der Waals surface area contributed by atoms with Crippen LogP contribution >= 0.6 is 0 Å². The molecule has 3 N–H and O–H groups in total. The lowest BCUT2D eigenvalue weighted by Gasteiger charge is -2.19. The van der Waals surface area contributed by atoms with E-state index in [-0.39, 0.29) is 17.1 Å². The minimum absolute atomic E-state index is 0.0617. The van der Waals surface area contributed by atoms with Crippen LogP contribution in [-0.2, 0) is 6.54 Å². The second-order valence-corrected chi connectivity index (χ2v) is 5.10. The van der Waals surface area contributed by atoms with E-state index < -0.39 is 30.9 Å². The maximum absolute atomic E-state index is 13.0. The van der Waals surface area contributed by atoms with Crippen LogP contribution in [0.4, 0.5) is 22.0 Å². The molecule has 0 amide bonds. The third-order valence-electron chi connectivity index (χ3n) is 2.81. The van der Waals surface area contributed by atoms with Gasteiger partial charge in [-0.3, -0.25) is 10.1 Å². The van der Waals surface area contributed by atoms with Crippen LogP contribution < -0.4 is 5.73 Å². The summed E-state index contributed by atoms with van der Waals surface area (Å²) in [7, 11) is 0. The lowest BCUT2D eigenvalue weighted by molar-refractivity contribution is -0.285. The Morgan fingerprint density at radius 2 is 1.88 bits per heavy atom. The molecular weight excluding hydrogens is 349 g/mol. The molecule has 2 aromatic heterocycles. The molecule has 0 fully saturated rings. The Kier molecular flexibility index (Phi) is 6.65. The quantitative estimate of drug-likeness (QED) is 0.477. The highest BCUT2D eigenvalue weighted by molar-refractivity contribution is 5.93. The molecule has 0 radical (unpaired) electrons. The first kappa shape index (κ1) is 20.6. The minimum atomic E-state index is -5.64. The zero-order valence-electron chi connectivity index (χ0n) is 13.6. The number of nitrogen functional groups attached to an aromatic ring is 1. The van der Waals surface area contributed by atoms with Crippen LogP contribution in [-0.4, -0.2) is 32.9 Å². The number of halogens is 5. The molecular formula is C14H18F5N5O. The molecule has 6 nitrogen and oxygen atoms in total. The number of nitrogens with zero attached hydrogens (tertiary/aromatic N) is 3. The monoisotopic (exact) mass is 367 g/mol. The van der Waals surface area contributed by atoms with Gasteiger partial charge in [0, 0.05) is 19.0 Å². The van der Waals surface area contributed by atoms with Crippen molar-refractivity contribution in [1.29, 1.82) is 5.41 Å². The van der Waals surface area contributed by atoms with Gasteiger partial charge in [-0.15, -0.1) is 0 Å². The van der Waals surface area contributed by atoms with E-state index in [9.17, 15) is 22.0 Å². The second kappa shape index (κ2) is 8.08. The van der Waals surface area contributed by atoms with Crippen molar-refractivity contribution >= 4 is 5.84 Å². The number of hydrogen-bond donors (Lipinski definition) is 2. The van der Waals surface area contributed by atoms with Crippen LogP contribution in [0.1, 0.15) is 32.4 Å². The molecule has 0 aliphatic rings. The van der Waals surface area contributed by atoms with Crippen molar-refractivity contribution in [2.45, 2.75) is 45.3 Å². The molecule has 0 saturated carbocycles. The molecule has 0 aliphatic carbocycles. The Morgan fingerprint density at radius 3 is 2.32 bits per heavy atom. The van der Waals surface area contributed by atoms with E-state index in [2.05, 4.69) is 28.6 Å². The second-order valence-electron chi connectivity index (χ2n) is 5.10. The summed E-state index contributed by atoms with van der Waals surface area (Å²) in [4.78, 5) is 0. The van der Waals surface area contributed by atoms with Gasteiger partial charge < -0.3 is 10.3 Å². The molecule has 0 saturated heterocycles. The molecule has 2 rings (SSSR count). The zero-order valence-corrected chi connectivity index (χ0v) is 13.6. The highest BCUT2D eigenvalue weighted by Crippen LogP contribution is 2.38. The van der Waals surface area contributed by atoms with E-state index in [1.165, 1.54) is 24.8 Å². The summed E-state index contributed by atoms with van der Waals surface area (Å²) < 4.78 is 68.0. The number of rotatable bonds is 5.